The van der Waals surface area contributed by atoms with E-state index in [-0.39, 0.29) is 23.1 Å². The minimum atomic E-state index is -0.478. The van der Waals surface area contributed by atoms with Crippen LogP contribution in [0.1, 0.15) is 12.0 Å². The van der Waals surface area contributed by atoms with E-state index in [0.29, 0.717) is 31.6 Å². The van der Waals surface area contributed by atoms with Gasteiger partial charge in [0.1, 0.15) is 0 Å². The Kier molecular flexibility index (Phi) is 4.47. The van der Waals surface area contributed by atoms with Gasteiger partial charge in [0.15, 0.2) is 0 Å². The second-order valence-corrected chi connectivity index (χ2v) is 5.02. The molecule has 2 N–H and O–H groups in total. The van der Waals surface area contributed by atoms with Crippen molar-refractivity contribution in [2.24, 2.45) is 5.92 Å². The second kappa shape index (κ2) is 6.10. The number of aliphatic hydroxyl groups excluding tert-OH is 2. The molecular formula is C13H18N2O4. The summed E-state index contributed by atoms with van der Waals surface area (Å²) in [6, 6.07) is 6.63. The minimum Gasteiger partial charge on any atom is -0.396 e. The molecule has 1 saturated heterocycles. The summed E-state index contributed by atoms with van der Waals surface area (Å²) in [5.41, 5.74) is 0.737. The van der Waals surface area contributed by atoms with Crippen molar-refractivity contribution in [1.29, 1.82) is 0 Å². The highest BCUT2D eigenvalue weighted by Crippen LogP contribution is 2.23. The van der Waals surface area contributed by atoms with Crippen LogP contribution in [-0.4, -0.2) is 45.8 Å². The first-order valence-corrected chi connectivity index (χ1v) is 6.33. The van der Waals surface area contributed by atoms with Crippen molar-refractivity contribution >= 4 is 5.69 Å². The van der Waals surface area contributed by atoms with Gasteiger partial charge in [-0.15, -0.1) is 0 Å². The van der Waals surface area contributed by atoms with Crippen molar-refractivity contribution < 1.29 is 15.1 Å². The molecule has 2 rings (SSSR count). The number of nitro groups is 1. The molecule has 104 valence electrons. The van der Waals surface area contributed by atoms with Crippen LogP contribution in [0, 0.1) is 16.0 Å². The lowest BCUT2D eigenvalue weighted by molar-refractivity contribution is -0.385. The largest absolute Gasteiger partial charge is 0.396 e. The number of nitrogens with zero attached hydrogens (tertiary/aromatic N) is 2. The van der Waals surface area contributed by atoms with E-state index in [1.807, 2.05) is 4.90 Å². The maximum Gasteiger partial charge on any atom is 0.273 e. The zero-order valence-electron chi connectivity index (χ0n) is 10.6. The maximum absolute atomic E-state index is 10.9. The third-order valence-corrected chi connectivity index (χ3v) is 3.43. The van der Waals surface area contributed by atoms with Gasteiger partial charge in [-0.2, -0.15) is 0 Å². The van der Waals surface area contributed by atoms with E-state index in [1.54, 1.807) is 18.2 Å². The highest BCUT2D eigenvalue weighted by Gasteiger charge is 2.26. The number of hydrogen-bond acceptors (Lipinski definition) is 5. The molecule has 19 heavy (non-hydrogen) atoms. The van der Waals surface area contributed by atoms with E-state index in [9.17, 15) is 20.3 Å². The molecule has 6 nitrogen and oxygen atoms in total. The summed E-state index contributed by atoms with van der Waals surface area (Å²) in [6.07, 6.45) is 0.109. The van der Waals surface area contributed by atoms with Crippen molar-refractivity contribution in [2.75, 3.05) is 19.7 Å². The van der Waals surface area contributed by atoms with Gasteiger partial charge in [-0.05, 0) is 12.3 Å². The molecule has 0 amide bonds. The van der Waals surface area contributed by atoms with Crippen LogP contribution in [0.5, 0.6) is 0 Å². The predicted molar refractivity (Wildman–Crippen MR) is 69.6 cm³/mol. The number of β-amino-alcohol motifs (C(OH)–C–C–N with tert-alkyl or cyclic N) is 1. The molecule has 0 bridgehead atoms. The zero-order chi connectivity index (χ0) is 13.8. The maximum atomic E-state index is 10.9. The molecule has 1 aromatic carbocycles. The summed E-state index contributed by atoms with van der Waals surface area (Å²) < 4.78 is 0. The van der Waals surface area contributed by atoms with Crippen LogP contribution >= 0.6 is 0 Å². The van der Waals surface area contributed by atoms with Crippen molar-refractivity contribution in [3.63, 3.8) is 0 Å². The lowest BCUT2D eigenvalue weighted by Crippen LogP contribution is -2.43. The Hall–Kier alpha value is -1.50. The lowest BCUT2D eigenvalue weighted by atomic mass is 9.96. The van der Waals surface area contributed by atoms with Gasteiger partial charge in [-0.25, -0.2) is 0 Å². The Bertz CT molecular complexity index is 452. The number of aliphatic hydroxyl groups is 2. The number of benzene rings is 1. The summed E-state index contributed by atoms with van der Waals surface area (Å²) in [7, 11) is 0. The molecule has 0 unspecified atom stereocenters. The quantitative estimate of drug-likeness (QED) is 0.621. The van der Waals surface area contributed by atoms with Crippen molar-refractivity contribution in [2.45, 2.75) is 19.1 Å². The number of hydrogen-bond donors (Lipinski definition) is 2. The summed E-state index contributed by atoms with van der Waals surface area (Å²) in [6.45, 7) is 1.59. The number of likely N-dealkylation sites (tertiary alicyclic amines) is 1. The number of rotatable bonds is 4. The average molecular weight is 266 g/mol. The highest BCUT2D eigenvalue weighted by molar-refractivity contribution is 5.39. The summed E-state index contributed by atoms with van der Waals surface area (Å²) in [5, 5.41) is 29.9. The highest BCUT2D eigenvalue weighted by atomic mass is 16.6. The van der Waals surface area contributed by atoms with E-state index in [4.69, 9.17) is 0 Å². The molecule has 0 spiro atoms. The normalized spacial score (nSPS) is 24.3. The third kappa shape index (κ3) is 3.50. The van der Waals surface area contributed by atoms with Gasteiger partial charge >= 0.3 is 0 Å². The van der Waals surface area contributed by atoms with Gasteiger partial charge in [0, 0.05) is 37.9 Å². The first-order chi connectivity index (χ1) is 9.10. The lowest BCUT2D eigenvalue weighted by Gasteiger charge is -2.34. The molecule has 1 aliphatic heterocycles. The molecule has 0 aromatic heterocycles. The number of nitro benzene ring substituents is 1. The van der Waals surface area contributed by atoms with Crippen molar-refractivity contribution in [3.05, 3.63) is 39.9 Å². The SMILES string of the molecule is O=[N+]([O-])c1ccccc1CN1C[C@@H](O)C[C@@H](CO)C1. The van der Waals surface area contributed by atoms with Crippen LogP contribution in [0.3, 0.4) is 0 Å². The molecule has 1 fully saturated rings. The molecule has 6 heteroatoms. The molecule has 2 atom stereocenters. The van der Waals surface area contributed by atoms with E-state index >= 15 is 0 Å². The first kappa shape index (κ1) is 13.9. The summed E-state index contributed by atoms with van der Waals surface area (Å²) in [5.74, 6) is 0.0338. The molecule has 1 aromatic rings. The predicted octanol–water partition coefficient (Wildman–Crippen LogP) is 0.770. The molecule has 1 heterocycles. The fourth-order valence-electron chi connectivity index (χ4n) is 2.60. The minimum absolute atomic E-state index is 0.0322. The second-order valence-electron chi connectivity index (χ2n) is 5.02. The Labute approximate surface area is 111 Å². The first-order valence-electron chi connectivity index (χ1n) is 6.33. The molecule has 0 aliphatic carbocycles. The van der Waals surface area contributed by atoms with Crippen LogP contribution in [0.4, 0.5) is 5.69 Å². The van der Waals surface area contributed by atoms with Crippen LogP contribution in [0.2, 0.25) is 0 Å². The number of para-hydroxylation sites is 1. The van der Waals surface area contributed by atoms with Gasteiger partial charge in [0.2, 0.25) is 0 Å². The zero-order valence-corrected chi connectivity index (χ0v) is 10.6. The van der Waals surface area contributed by atoms with Crippen LogP contribution in [-0.2, 0) is 6.54 Å². The standard InChI is InChI=1S/C13H18N2O4/c16-9-10-5-12(17)8-14(6-10)7-11-3-1-2-4-13(11)15(18)19/h1-4,10,12,16-17H,5-9H2/t10-,12+/m1/s1. The van der Waals surface area contributed by atoms with Gasteiger partial charge in [0.25, 0.3) is 5.69 Å². The Balaban J connectivity index is 2.10. The van der Waals surface area contributed by atoms with Gasteiger partial charge < -0.3 is 10.2 Å². The Morgan fingerprint density at radius 3 is 2.79 bits per heavy atom. The molecule has 1 aliphatic rings. The summed E-state index contributed by atoms with van der Waals surface area (Å²) >= 11 is 0. The van der Waals surface area contributed by atoms with E-state index in [0.717, 1.165) is 0 Å². The fourth-order valence-corrected chi connectivity index (χ4v) is 2.60. The number of piperidine rings is 1. The monoisotopic (exact) mass is 266 g/mol. The Morgan fingerprint density at radius 2 is 2.11 bits per heavy atom. The molecule has 0 saturated carbocycles. The van der Waals surface area contributed by atoms with Gasteiger partial charge in [0.05, 0.1) is 11.0 Å². The molecular weight excluding hydrogens is 248 g/mol. The smallest absolute Gasteiger partial charge is 0.273 e. The summed E-state index contributed by atoms with van der Waals surface area (Å²) in [4.78, 5) is 12.5. The molecule has 0 radical (unpaired) electrons. The van der Waals surface area contributed by atoms with Gasteiger partial charge in [-0.1, -0.05) is 18.2 Å². The van der Waals surface area contributed by atoms with Crippen molar-refractivity contribution in [3.8, 4) is 0 Å². The van der Waals surface area contributed by atoms with E-state index in [1.165, 1.54) is 6.07 Å². The van der Waals surface area contributed by atoms with E-state index < -0.39 is 6.10 Å². The van der Waals surface area contributed by atoms with E-state index in [2.05, 4.69) is 0 Å². The fraction of sp³-hybridized carbons (Fsp3) is 0.538. The average Bonchev–Trinajstić information content (AvgIpc) is 2.38. The van der Waals surface area contributed by atoms with Crippen LogP contribution in [0.15, 0.2) is 24.3 Å². The topological polar surface area (TPSA) is 86.8 Å². The Morgan fingerprint density at radius 1 is 1.37 bits per heavy atom. The van der Waals surface area contributed by atoms with Crippen molar-refractivity contribution in [1.82, 2.24) is 4.90 Å². The van der Waals surface area contributed by atoms with Crippen LogP contribution in [0.25, 0.3) is 0 Å². The third-order valence-electron chi connectivity index (χ3n) is 3.43. The van der Waals surface area contributed by atoms with Gasteiger partial charge in [-0.3, -0.25) is 15.0 Å². The van der Waals surface area contributed by atoms with Crippen LogP contribution < -0.4 is 0 Å².